The summed E-state index contributed by atoms with van der Waals surface area (Å²) in [6, 6.07) is 8.26. The van der Waals surface area contributed by atoms with Crippen molar-refractivity contribution in [3.63, 3.8) is 0 Å². The molecule has 0 aromatic carbocycles. The zero-order valence-electron chi connectivity index (χ0n) is 15.0. The monoisotopic (exact) mass is 312 g/mol. The number of rotatable bonds is 8. The van der Waals surface area contributed by atoms with Crippen LogP contribution in [0.25, 0.3) is 11.4 Å². The Labute approximate surface area is 141 Å². The van der Waals surface area contributed by atoms with Crippen LogP contribution in [-0.2, 0) is 12.8 Å². The fraction of sp³-hybridized carbons (Fsp3) is 0.500. The van der Waals surface area contributed by atoms with Crippen molar-refractivity contribution in [1.82, 2.24) is 9.97 Å². The molecule has 0 atom stereocenters. The van der Waals surface area contributed by atoms with Crippen molar-refractivity contribution in [2.75, 3.05) is 27.7 Å². The number of hydrogen-bond acceptors (Lipinski definition) is 2. The standard InChI is InChI=1S/C20H30N3/c1-5-6-10-17-13-15-22-20(19-12-7-8-14-21-19)18(17)11-9-16-23(2,3)4/h7-8,12-15H,5-6,9-11,16H2,1-4H3/q+1. The molecule has 0 bridgehead atoms. The highest BCUT2D eigenvalue weighted by molar-refractivity contribution is 5.60. The molecule has 0 fully saturated rings. The second-order valence-electron chi connectivity index (χ2n) is 7.23. The Morgan fingerprint density at radius 1 is 0.913 bits per heavy atom. The fourth-order valence-corrected chi connectivity index (χ4v) is 2.87. The summed E-state index contributed by atoms with van der Waals surface area (Å²) >= 11 is 0. The van der Waals surface area contributed by atoms with Crippen molar-refractivity contribution in [2.45, 2.75) is 39.0 Å². The molecule has 2 rings (SSSR count). The summed E-state index contributed by atoms with van der Waals surface area (Å²) in [5.41, 5.74) is 4.91. The first-order chi connectivity index (χ1) is 11.0. The van der Waals surface area contributed by atoms with Crippen LogP contribution in [0.5, 0.6) is 0 Å². The Bertz CT molecular complexity index is 600. The van der Waals surface area contributed by atoms with Crippen molar-refractivity contribution in [3.8, 4) is 11.4 Å². The van der Waals surface area contributed by atoms with Gasteiger partial charge in [0.1, 0.15) is 0 Å². The van der Waals surface area contributed by atoms with E-state index in [4.69, 9.17) is 0 Å². The molecule has 3 nitrogen and oxygen atoms in total. The first-order valence-corrected chi connectivity index (χ1v) is 8.70. The topological polar surface area (TPSA) is 25.8 Å². The second kappa shape index (κ2) is 8.21. The van der Waals surface area contributed by atoms with Crippen molar-refractivity contribution < 1.29 is 4.48 Å². The third kappa shape index (κ3) is 5.43. The van der Waals surface area contributed by atoms with Gasteiger partial charge in [0.2, 0.25) is 0 Å². The summed E-state index contributed by atoms with van der Waals surface area (Å²) in [4.78, 5) is 9.19. The number of nitrogens with zero attached hydrogens (tertiary/aromatic N) is 3. The average Bonchev–Trinajstić information content (AvgIpc) is 2.53. The summed E-state index contributed by atoms with van der Waals surface area (Å²) in [5, 5.41) is 0. The minimum Gasteiger partial charge on any atom is -0.331 e. The predicted molar refractivity (Wildman–Crippen MR) is 97.3 cm³/mol. The lowest BCUT2D eigenvalue weighted by Crippen LogP contribution is -2.35. The van der Waals surface area contributed by atoms with E-state index >= 15 is 0 Å². The van der Waals surface area contributed by atoms with Crippen LogP contribution < -0.4 is 0 Å². The van der Waals surface area contributed by atoms with E-state index in [0.717, 1.165) is 28.7 Å². The molecule has 0 radical (unpaired) electrons. The van der Waals surface area contributed by atoms with Crippen LogP contribution in [0, 0.1) is 0 Å². The van der Waals surface area contributed by atoms with E-state index < -0.39 is 0 Å². The molecule has 0 saturated carbocycles. The number of aromatic nitrogens is 2. The first kappa shape index (κ1) is 17.6. The van der Waals surface area contributed by atoms with Gasteiger partial charge in [0.25, 0.3) is 0 Å². The van der Waals surface area contributed by atoms with Crippen LogP contribution in [0.15, 0.2) is 36.7 Å². The van der Waals surface area contributed by atoms with Crippen molar-refractivity contribution in [1.29, 1.82) is 0 Å². The fourth-order valence-electron chi connectivity index (χ4n) is 2.87. The lowest BCUT2D eigenvalue weighted by atomic mass is 9.96. The van der Waals surface area contributed by atoms with Crippen LogP contribution in [-0.4, -0.2) is 42.1 Å². The van der Waals surface area contributed by atoms with Crippen LogP contribution >= 0.6 is 0 Å². The molecule has 2 aromatic heterocycles. The third-order valence-corrected chi connectivity index (χ3v) is 4.12. The van der Waals surface area contributed by atoms with Crippen LogP contribution in [0.4, 0.5) is 0 Å². The van der Waals surface area contributed by atoms with Crippen LogP contribution in [0.3, 0.4) is 0 Å². The molecule has 0 aliphatic carbocycles. The first-order valence-electron chi connectivity index (χ1n) is 8.70. The summed E-state index contributed by atoms with van der Waals surface area (Å²) in [6.07, 6.45) is 9.64. The highest BCUT2D eigenvalue weighted by atomic mass is 15.3. The normalized spacial score (nSPS) is 11.7. The zero-order valence-corrected chi connectivity index (χ0v) is 15.0. The summed E-state index contributed by atoms with van der Waals surface area (Å²) in [7, 11) is 6.75. The van der Waals surface area contributed by atoms with Gasteiger partial charge in [0.15, 0.2) is 0 Å². The van der Waals surface area contributed by atoms with Gasteiger partial charge in [-0.3, -0.25) is 9.97 Å². The van der Waals surface area contributed by atoms with E-state index in [-0.39, 0.29) is 0 Å². The molecule has 23 heavy (non-hydrogen) atoms. The minimum absolute atomic E-state index is 0.992. The quantitative estimate of drug-likeness (QED) is 0.685. The summed E-state index contributed by atoms with van der Waals surface area (Å²) in [6.45, 7) is 3.42. The highest BCUT2D eigenvalue weighted by Gasteiger charge is 2.14. The number of aryl methyl sites for hydroxylation is 1. The molecule has 0 unspecified atom stereocenters. The maximum atomic E-state index is 4.67. The number of pyridine rings is 2. The van der Waals surface area contributed by atoms with Crippen LogP contribution in [0.2, 0.25) is 0 Å². The average molecular weight is 312 g/mol. The van der Waals surface area contributed by atoms with E-state index in [1.807, 2.05) is 24.5 Å². The van der Waals surface area contributed by atoms with E-state index in [1.165, 1.54) is 36.9 Å². The van der Waals surface area contributed by atoms with Gasteiger partial charge in [-0.15, -0.1) is 0 Å². The van der Waals surface area contributed by atoms with E-state index in [1.54, 1.807) is 0 Å². The Kier molecular flexibility index (Phi) is 6.28. The SMILES string of the molecule is CCCCc1ccnc(-c2ccccn2)c1CCC[N+](C)(C)C. The van der Waals surface area contributed by atoms with E-state index in [0.29, 0.717) is 0 Å². The van der Waals surface area contributed by atoms with Gasteiger partial charge in [-0.05, 0) is 48.6 Å². The Morgan fingerprint density at radius 3 is 2.39 bits per heavy atom. The van der Waals surface area contributed by atoms with E-state index in [2.05, 4.69) is 50.2 Å². The van der Waals surface area contributed by atoms with Gasteiger partial charge in [-0.25, -0.2) is 0 Å². The van der Waals surface area contributed by atoms with Crippen LogP contribution in [0.1, 0.15) is 37.3 Å². The molecule has 2 aromatic rings. The second-order valence-corrected chi connectivity index (χ2v) is 7.23. The molecule has 2 heterocycles. The molecular weight excluding hydrogens is 282 g/mol. The molecule has 124 valence electrons. The molecular formula is C20H30N3+. The number of hydrogen-bond donors (Lipinski definition) is 0. The van der Waals surface area contributed by atoms with E-state index in [9.17, 15) is 0 Å². The van der Waals surface area contributed by atoms with Crippen molar-refractivity contribution >= 4 is 0 Å². The molecule has 0 aliphatic heterocycles. The molecule has 0 amide bonds. The zero-order chi connectivity index (χ0) is 16.7. The van der Waals surface area contributed by atoms with Crippen molar-refractivity contribution in [3.05, 3.63) is 47.8 Å². The Hall–Kier alpha value is -1.74. The maximum Gasteiger partial charge on any atom is 0.0920 e. The molecule has 0 spiro atoms. The molecule has 0 N–H and O–H groups in total. The van der Waals surface area contributed by atoms with Gasteiger partial charge in [0, 0.05) is 18.8 Å². The van der Waals surface area contributed by atoms with Gasteiger partial charge in [-0.1, -0.05) is 19.4 Å². The van der Waals surface area contributed by atoms with Gasteiger partial charge < -0.3 is 4.48 Å². The number of quaternary nitrogens is 1. The Morgan fingerprint density at radius 2 is 1.74 bits per heavy atom. The molecule has 3 heteroatoms. The largest absolute Gasteiger partial charge is 0.331 e. The molecule has 0 aliphatic rings. The lowest BCUT2D eigenvalue weighted by Gasteiger charge is -2.24. The maximum absolute atomic E-state index is 4.67. The van der Waals surface area contributed by atoms with Gasteiger partial charge in [0.05, 0.1) is 39.1 Å². The third-order valence-electron chi connectivity index (χ3n) is 4.12. The van der Waals surface area contributed by atoms with Crippen molar-refractivity contribution in [2.24, 2.45) is 0 Å². The predicted octanol–water partition coefficient (Wildman–Crippen LogP) is 4.13. The summed E-state index contributed by atoms with van der Waals surface area (Å²) < 4.78 is 1.00. The molecule has 0 saturated heterocycles. The lowest BCUT2D eigenvalue weighted by molar-refractivity contribution is -0.870. The minimum atomic E-state index is 0.992. The highest BCUT2D eigenvalue weighted by Crippen LogP contribution is 2.25. The Balaban J connectivity index is 2.29. The van der Waals surface area contributed by atoms with Gasteiger partial charge >= 0.3 is 0 Å². The van der Waals surface area contributed by atoms with Gasteiger partial charge in [-0.2, -0.15) is 0 Å². The smallest absolute Gasteiger partial charge is 0.0920 e. The number of unbranched alkanes of at least 4 members (excludes halogenated alkanes) is 1. The summed E-state index contributed by atoms with van der Waals surface area (Å²) in [5.74, 6) is 0.